The molecule has 2 aromatic carbocycles. The highest BCUT2D eigenvalue weighted by molar-refractivity contribution is 5.80. The molecule has 0 aliphatic carbocycles. The minimum atomic E-state index is -0.106. The average molecular weight is 349 g/mol. The number of rotatable bonds is 5. The number of amides is 1. The molecule has 0 bridgehead atoms. The zero-order valence-electron chi connectivity index (χ0n) is 15.3. The van der Waals surface area contributed by atoms with Crippen molar-refractivity contribution in [3.8, 4) is 0 Å². The smallest absolute Gasteiger partial charge is 0.261 e. The molecule has 3 rings (SSSR count). The van der Waals surface area contributed by atoms with Crippen LogP contribution in [0.15, 0.2) is 59.7 Å². The molecule has 0 fully saturated rings. The van der Waals surface area contributed by atoms with Crippen molar-refractivity contribution < 1.29 is 4.79 Å². The number of para-hydroxylation sites is 1. The summed E-state index contributed by atoms with van der Waals surface area (Å²) in [5, 5.41) is 0.589. The molecule has 1 heterocycles. The van der Waals surface area contributed by atoms with Crippen molar-refractivity contribution in [3.05, 3.63) is 76.3 Å². The lowest BCUT2D eigenvalue weighted by Crippen LogP contribution is -2.31. The normalized spacial score (nSPS) is 12.1. The van der Waals surface area contributed by atoms with Crippen molar-refractivity contribution in [3.63, 3.8) is 0 Å². The topological polar surface area (TPSA) is 55.2 Å². The third-order valence-electron chi connectivity index (χ3n) is 4.88. The Morgan fingerprint density at radius 3 is 2.62 bits per heavy atom. The fraction of sp³-hybridized carbons (Fsp3) is 0.286. The lowest BCUT2D eigenvalue weighted by molar-refractivity contribution is -0.132. The van der Waals surface area contributed by atoms with Gasteiger partial charge in [0, 0.05) is 20.0 Å². The number of aryl methyl sites for hydroxylation is 2. The summed E-state index contributed by atoms with van der Waals surface area (Å²) in [6.45, 7) is 4.25. The maximum Gasteiger partial charge on any atom is 0.261 e. The summed E-state index contributed by atoms with van der Waals surface area (Å²) in [6.07, 6.45) is 1.79. The molecule has 0 spiro atoms. The number of carbonyl (C=O) groups excluding carboxylic acids is 1. The Balaban J connectivity index is 1.72. The number of fused-ring (bicyclic) bond motifs is 1. The van der Waals surface area contributed by atoms with E-state index in [2.05, 4.69) is 4.98 Å². The molecule has 0 aliphatic rings. The monoisotopic (exact) mass is 349 g/mol. The Morgan fingerprint density at radius 2 is 1.88 bits per heavy atom. The van der Waals surface area contributed by atoms with E-state index in [1.807, 2.05) is 56.3 Å². The van der Waals surface area contributed by atoms with Gasteiger partial charge in [-0.15, -0.1) is 0 Å². The Labute approximate surface area is 152 Å². The van der Waals surface area contributed by atoms with Gasteiger partial charge in [0.2, 0.25) is 5.91 Å². The zero-order chi connectivity index (χ0) is 18.7. The maximum atomic E-state index is 12.6. The summed E-state index contributed by atoms with van der Waals surface area (Å²) in [6, 6.07) is 15.5. The van der Waals surface area contributed by atoms with Crippen LogP contribution in [-0.4, -0.2) is 27.4 Å². The Hall–Kier alpha value is -2.95. The van der Waals surface area contributed by atoms with Gasteiger partial charge in [-0.05, 0) is 31.0 Å². The van der Waals surface area contributed by atoms with E-state index in [0.29, 0.717) is 11.9 Å². The summed E-state index contributed by atoms with van der Waals surface area (Å²) in [7, 11) is 1.80. The van der Waals surface area contributed by atoms with Crippen LogP contribution in [0.1, 0.15) is 30.5 Å². The van der Waals surface area contributed by atoms with Gasteiger partial charge in [-0.1, -0.05) is 42.5 Å². The maximum absolute atomic E-state index is 12.6. The summed E-state index contributed by atoms with van der Waals surface area (Å²) in [5.74, 6) is -0.00223. The van der Waals surface area contributed by atoms with Gasteiger partial charge in [0.25, 0.3) is 5.56 Å². The van der Waals surface area contributed by atoms with E-state index < -0.39 is 0 Å². The highest BCUT2D eigenvalue weighted by atomic mass is 16.2. The standard InChI is InChI=1S/C21H23N3O2/c1-15-8-7-11-18-20(15)22-14-24(21(18)26)13-12-19(25)23(3)16(2)17-9-5-4-6-10-17/h4-11,14,16H,12-13H2,1-3H3. The van der Waals surface area contributed by atoms with Crippen LogP contribution in [0, 0.1) is 6.92 Å². The fourth-order valence-electron chi connectivity index (χ4n) is 3.06. The molecule has 0 N–H and O–H groups in total. The van der Waals surface area contributed by atoms with Crippen molar-refractivity contribution in [1.29, 1.82) is 0 Å². The minimum Gasteiger partial charge on any atom is -0.339 e. The predicted molar refractivity (Wildman–Crippen MR) is 103 cm³/mol. The number of carbonyl (C=O) groups is 1. The molecule has 5 heteroatoms. The van der Waals surface area contributed by atoms with E-state index in [4.69, 9.17) is 0 Å². The Morgan fingerprint density at radius 1 is 1.15 bits per heavy atom. The van der Waals surface area contributed by atoms with Crippen LogP contribution in [0.5, 0.6) is 0 Å². The minimum absolute atomic E-state index is 0.00223. The van der Waals surface area contributed by atoms with Crippen LogP contribution in [0.2, 0.25) is 0 Å². The Kier molecular flexibility index (Phi) is 5.16. The largest absolute Gasteiger partial charge is 0.339 e. The van der Waals surface area contributed by atoms with Gasteiger partial charge in [0.1, 0.15) is 0 Å². The summed E-state index contributed by atoms with van der Waals surface area (Å²) in [4.78, 5) is 31.3. The summed E-state index contributed by atoms with van der Waals surface area (Å²) in [5.41, 5.74) is 2.67. The lowest BCUT2D eigenvalue weighted by atomic mass is 10.1. The van der Waals surface area contributed by atoms with Crippen LogP contribution in [0.4, 0.5) is 0 Å². The molecule has 1 atom stereocenters. The van der Waals surface area contributed by atoms with Gasteiger partial charge in [-0.25, -0.2) is 4.98 Å². The fourth-order valence-corrected chi connectivity index (χ4v) is 3.06. The molecular weight excluding hydrogens is 326 g/mol. The molecule has 5 nitrogen and oxygen atoms in total. The van der Waals surface area contributed by atoms with E-state index in [-0.39, 0.29) is 23.9 Å². The lowest BCUT2D eigenvalue weighted by Gasteiger charge is -2.25. The number of hydrogen-bond acceptors (Lipinski definition) is 3. The number of nitrogens with zero attached hydrogens (tertiary/aromatic N) is 3. The van der Waals surface area contributed by atoms with Crippen LogP contribution in [0.3, 0.4) is 0 Å². The molecular formula is C21H23N3O2. The second-order valence-corrected chi connectivity index (χ2v) is 6.56. The van der Waals surface area contributed by atoms with E-state index in [1.54, 1.807) is 18.0 Å². The van der Waals surface area contributed by atoms with Crippen molar-refractivity contribution >= 4 is 16.8 Å². The first kappa shape index (κ1) is 17.9. The van der Waals surface area contributed by atoms with Gasteiger partial charge in [-0.2, -0.15) is 0 Å². The number of benzene rings is 2. The predicted octanol–water partition coefficient (Wildman–Crippen LogP) is 3.31. The molecule has 1 aromatic heterocycles. The van der Waals surface area contributed by atoms with Gasteiger partial charge in [0.05, 0.1) is 23.3 Å². The number of aromatic nitrogens is 2. The van der Waals surface area contributed by atoms with Crippen molar-refractivity contribution in [1.82, 2.24) is 14.5 Å². The highest BCUT2D eigenvalue weighted by Gasteiger charge is 2.17. The molecule has 0 saturated carbocycles. The Bertz CT molecular complexity index is 979. The molecule has 0 saturated heterocycles. The second-order valence-electron chi connectivity index (χ2n) is 6.56. The van der Waals surface area contributed by atoms with Crippen LogP contribution in [0.25, 0.3) is 10.9 Å². The first-order chi connectivity index (χ1) is 12.5. The second kappa shape index (κ2) is 7.52. The highest BCUT2D eigenvalue weighted by Crippen LogP contribution is 2.19. The molecule has 1 unspecified atom stereocenters. The van der Waals surface area contributed by atoms with Crippen LogP contribution in [-0.2, 0) is 11.3 Å². The van der Waals surface area contributed by atoms with Crippen LogP contribution >= 0.6 is 0 Å². The van der Waals surface area contributed by atoms with Gasteiger partial charge in [0.15, 0.2) is 0 Å². The molecule has 3 aromatic rings. The van der Waals surface area contributed by atoms with E-state index in [0.717, 1.165) is 16.6 Å². The van der Waals surface area contributed by atoms with Gasteiger partial charge >= 0.3 is 0 Å². The third-order valence-corrected chi connectivity index (χ3v) is 4.88. The van der Waals surface area contributed by atoms with Gasteiger partial charge in [-0.3, -0.25) is 14.2 Å². The zero-order valence-corrected chi connectivity index (χ0v) is 15.3. The summed E-state index contributed by atoms with van der Waals surface area (Å²) >= 11 is 0. The molecule has 134 valence electrons. The SMILES string of the molecule is Cc1cccc2c(=O)n(CCC(=O)N(C)C(C)c3ccccc3)cnc12. The van der Waals surface area contributed by atoms with E-state index in [9.17, 15) is 9.59 Å². The first-order valence-corrected chi connectivity index (χ1v) is 8.74. The number of hydrogen-bond donors (Lipinski definition) is 0. The molecule has 0 radical (unpaired) electrons. The van der Waals surface area contributed by atoms with Crippen molar-refractivity contribution in [2.24, 2.45) is 0 Å². The van der Waals surface area contributed by atoms with E-state index >= 15 is 0 Å². The third kappa shape index (κ3) is 3.52. The quantitative estimate of drug-likeness (QED) is 0.710. The molecule has 26 heavy (non-hydrogen) atoms. The summed E-state index contributed by atoms with van der Waals surface area (Å²) < 4.78 is 1.51. The average Bonchev–Trinajstić information content (AvgIpc) is 2.67. The van der Waals surface area contributed by atoms with Crippen molar-refractivity contribution in [2.45, 2.75) is 32.9 Å². The van der Waals surface area contributed by atoms with Gasteiger partial charge < -0.3 is 4.90 Å². The van der Waals surface area contributed by atoms with Crippen LogP contribution < -0.4 is 5.56 Å². The molecule has 1 amide bonds. The molecule has 0 aliphatic heterocycles. The van der Waals surface area contributed by atoms with E-state index in [1.165, 1.54) is 10.9 Å². The first-order valence-electron chi connectivity index (χ1n) is 8.74. The van der Waals surface area contributed by atoms with Crippen molar-refractivity contribution in [2.75, 3.05) is 7.05 Å².